The van der Waals surface area contributed by atoms with Crippen molar-refractivity contribution in [1.82, 2.24) is 4.90 Å². The fourth-order valence-corrected chi connectivity index (χ4v) is 1.54. The molecule has 0 radical (unpaired) electrons. The molecule has 1 aromatic rings. The van der Waals surface area contributed by atoms with Crippen molar-refractivity contribution >= 4 is 5.97 Å². The molecule has 17 heavy (non-hydrogen) atoms. The maximum absolute atomic E-state index is 10.8. The Kier molecular flexibility index (Phi) is 4.24. The van der Waals surface area contributed by atoms with Crippen LogP contribution in [0.15, 0.2) is 18.2 Å². The first-order valence-electron chi connectivity index (χ1n) is 5.38. The lowest BCUT2D eigenvalue weighted by Crippen LogP contribution is -2.35. The standard InChI is InChI=1S/C13H16N2O2/c1-9-6-11(7-14)4-5-12(9)8-15(3)10(2)13(16)17/h4-6,10H,8H2,1-3H3,(H,16,17). The van der Waals surface area contributed by atoms with Crippen molar-refractivity contribution in [3.8, 4) is 6.07 Å². The zero-order valence-corrected chi connectivity index (χ0v) is 10.3. The number of likely N-dealkylation sites (N-methyl/N-ethyl adjacent to an activating group) is 1. The van der Waals surface area contributed by atoms with Crippen molar-refractivity contribution in [3.63, 3.8) is 0 Å². The third kappa shape index (κ3) is 3.30. The van der Waals surface area contributed by atoms with Gasteiger partial charge in [0.05, 0.1) is 11.6 Å². The van der Waals surface area contributed by atoms with Gasteiger partial charge in [-0.3, -0.25) is 9.69 Å². The van der Waals surface area contributed by atoms with E-state index >= 15 is 0 Å². The number of carboxylic acid groups (broad SMARTS) is 1. The second kappa shape index (κ2) is 5.46. The van der Waals surface area contributed by atoms with Gasteiger partial charge in [-0.1, -0.05) is 6.07 Å². The lowest BCUT2D eigenvalue weighted by molar-refractivity contribution is -0.142. The van der Waals surface area contributed by atoms with Crippen LogP contribution in [-0.2, 0) is 11.3 Å². The molecule has 0 saturated heterocycles. The van der Waals surface area contributed by atoms with E-state index in [1.54, 1.807) is 24.9 Å². The summed E-state index contributed by atoms with van der Waals surface area (Å²) in [5.74, 6) is -0.834. The van der Waals surface area contributed by atoms with Crippen LogP contribution in [0.5, 0.6) is 0 Å². The highest BCUT2D eigenvalue weighted by Gasteiger charge is 2.17. The number of nitriles is 1. The van der Waals surface area contributed by atoms with Crippen LogP contribution in [0.3, 0.4) is 0 Å². The zero-order chi connectivity index (χ0) is 13.0. The van der Waals surface area contributed by atoms with Gasteiger partial charge in [-0.05, 0) is 44.2 Å². The second-order valence-corrected chi connectivity index (χ2v) is 4.18. The predicted molar refractivity (Wildman–Crippen MR) is 64.5 cm³/mol. The highest BCUT2D eigenvalue weighted by molar-refractivity contribution is 5.72. The summed E-state index contributed by atoms with van der Waals surface area (Å²) in [4.78, 5) is 12.6. The van der Waals surface area contributed by atoms with Crippen molar-refractivity contribution in [2.75, 3.05) is 7.05 Å². The van der Waals surface area contributed by atoms with Crippen LogP contribution in [0.4, 0.5) is 0 Å². The fourth-order valence-electron chi connectivity index (χ4n) is 1.54. The number of carbonyl (C=O) groups is 1. The third-order valence-electron chi connectivity index (χ3n) is 2.91. The molecular formula is C13H16N2O2. The maximum Gasteiger partial charge on any atom is 0.320 e. The molecule has 0 aromatic heterocycles. The van der Waals surface area contributed by atoms with Crippen molar-refractivity contribution < 1.29 is 9.90 Å². The molecule has 0 aliphatic carbocycles. The summed E-state index contributed by atoms with van der Waals surface area (Å²) >= 11 is 0. The normalized spacial score (nSPS) is 12.2. The number of aliphatic carboxylic acids is 1. The van der Waals surface area contributed by atoms with Crippen LogP contribution >= 0.6 is 0 Å². The highest BCUT2D eigenvalue weighted by Crippen LogP contribution is 2.13. The molecule has 1 unspecified atom stereocenters. The summed E-state index contributed by atoms with van der Waals surface area (Å²) in [7, 11) is 1.77. The second-order valence-electron chi connectivity index (χ2n) is 4.18. The van der Waals surface area contributed by atoms with Gasteiger partial charge in [-0.25, -0.2) is 0 Å². The average molecular weight is 232 g/mol. The fraction of sp³-hybridized carbons (Fsp3) is 0.385. The van der Waals surface area contributed by atoms with Crippen molar-refractivity contribution in [1.29, 1.82) is 5.26 Å². The Labute approximate surface area is 101 Å². The van der Waals surface area contributed by atoms with E-state index in [0.717, 1.165) is 11.1 Å². The SMILES string of the molecule is Cc1cc(C#N)ccc1CN(C)C(C)C(=O)O. The first-order valence-corrected chi connectivity index (χ1v) is 5.38. The van der Waals surface area contributed by atoms with E-state index in [-0.39, 0.29) is 0 Å². The molecule has 0 fully saturated rings. The smallest absolute Gasteiger partial charge is 0.320 e. The van der Waals surface area contributed by atoms with Gasteiger partial charge in [0.2, 0.25) is 0 Å². The van der Waals surface area contributed by atoms with E-state index in [0.29, 0.717) is 12.1 Å². The van der Waals surface area contributed by atoms with Crippen LogP contribution in [0.2, 0.25) is 0 Å². The number of hydrogen-bond acceptors (Lipinski definition) is 3. The Morgan fingerprint density at radius 2 is 2.24 bits per heavy atom. The van der Waals surface area contributed by atoms with Gasteiger partial charge in [-0.15, -0.1) is 0 Å². The molecule has 4 heteroatoms. The molecule has 1 atom stereocenters. The largest absolute Gasteiger partial charge is 0.480 e. The number of benzene rings is 1. The number of carboxylic acids is 1. The van der Waals surface area contributed by atoms with E-state index < -0.39 is 12.0 Å². The lowest BCUT2D eigenvalue weighted by Gasteiger charge is -2.22. The minimum absolute atomic E-state index is 0.523. The van der Waals surface area contributed by atoms with Crippen LogP contribution in [-0.4, -0.2) is 29.1 Å². The molecule has 0 saturated carbocycles. The number of hydrogen-bond donors (Lipinski definition) is 1. The van der Waals surface area contributed by atoms with Gasteiger partial charge in [0.25, 0.3) is 0 Å². The minimum Gasteiger partial charge on any atom is -0.480 e. The summed E-state index contributed by atoms with van der Waals surface area (Å²) in [5, 5.41) is 17.7. The van der Waals surface area contributed by atoms with E-state index in [1.165, 1.54) is 0 Å². The van der Waals surface area contributed by atoms with Gasteiger partial charge in [0.15, 0.2) is 0 Å². The molecule has 90 valence electrons. The molecule has 0 aliphatic heterocycles. The minimum atomic E-state index is -0.834. The summed E-state index contributed by atoms with van der Waals surface area (Å²) in [6.45, 7) is 4.14. The lowest BCUT2D eigenvalue weighted by atomic mass is 10.0. The molecule has 4 nitrogen and oxygen atoms in total. The van der Waals surface area contributed by atoms with Crippen LogP contribution in [0, 0.1) is 18.3 Å². The van der Waals surface area contributed by atoms with Crippen molar-refractivity contribution in [3.05, 3.63) is 34.9 Å². The highest BCUT2D eigenvalue weighted by atomic mass is 16.4. The number of nitrogens with zero attached hydrogens (tertiary/aromatic N) is 2. The summed E-state index contributed by atoms with van der Waals surface area (Å²) < 4.78 is 0. The van der Waals surface area contributed by atoms with E-state index in [4.69, 9.17) is 10.4 Å². The van der Waals surface area contributed by atoms with Crippen LogP contribution < -0.4 is 0 Å². The topological polar surface area (TPSA) is 64.3 Å². The first kappa shape index (κ1) is 13.2. The van der Waals surface area contributed by atoms with Crippen LogP contribution in [0.1, 0.15) is 23.6 Å². The molecule has 0 heterocycles. The summed E-state index contributed by atoms with van der Waals surface area (Å²) in [5.41, 5.74) is 2.67. The first-order chi connectivity index (χ1) is 7.95. The molecule has 1 N–H and O–H groups in total. The average Bonchev–Trinajstić information content (AvgIpc) is 2.30. The molecule has 1 aromatic carbocycles. The van der Waals surface area contributed by atoms with Crippen molar-refractivity contribution in [2.24, 2.45) is 0 Å². The van der Waals surface area contributed by atoms with Gasteiger partial charge >= 0.3 is 5.97 Å². The Morgan fingerprint density at radius 3 is 2.71 bits per heavy atom. The molecule has 0 aliphatic rings. The third-order valence-corrected chi connectivity index (χ3v) is 2.91. The maximum atomic E-state index is 10.8. The van der Waals surface area contributed by atoms with Gasteiger partial charge in [0.1, 0.15) is 6.04 Å². The number of aryl methyl sites for hydroxylation is 1. The Bertz CT molecular complexity index is 463. The summed E-state index contributed by atoms with van der Waals surface area (Å²) in [6, 6.07) is 7.00. The van der Waals surface area contributed by atoms with Gasteiger partial charge in [-0.2, -0.15) is 5.26 Å². The van der Waals surface area contributed by atoms with E-state index in [2.05, 4.69) is 6.07 Å². The van der Waals surface area contributed by atoms with Gasteiger partial charge < -0.3 is 5.11 Å². The van der Waals surface area contributed by atoms with Crippen molar-refractivity contribution in [2.45, 2.75) is 26.4 Å². The molecular weight excluding hydrogens is 216 g/mol. The van der Waals surface area contributed by atoms with E-state index in [1.807, 2.05) is 19.1 Å². The molecule has 1 rings (SSSR count). The number of rotatable bonds is 4. The van der Waals surface area contributed by atoms with E-state index in [9.17, 15) is 4.79 Å². The monoisotopic (exact) mass is 232 g/mol. The molecule has 0 bridgehead atoms. The quantitative estimate of drug-likeness (QED) is 0.859. The zero-order valence-electron chi connectivity index (χ0n) is 10.3. The molecule has 0 spiro atoms. The Morgan fingerprint density at radius 1 is 1.59 bits per heavy atom. The van der Waals surface area contributed by atoms with Crippen LogP contribution in [0.25, 0.3) is 0 Å². The molecule has 0 amide bonds. The Hall–Kier alpha value is -1.86. The summed E-state index contributed by atoms with van der Waals surface area (Å²) in [6.07, 6.45) is 0. The Balaban J connectivity index is 2.82. The van der Waals surface area contributed by atoms with Gasteiger partial charge in [0, 0.05) is 6.54 Å². The predicted octanol–water partition coefficient (Wildman–Crippen LogP) is 1.77.